The molecule has 2 heteroatoms. The van der Waals surface area contributed by atoms with Gasteiger partial charge in [0.15, 0.2) is 0 Å². The summed E-state index contributed by atoms with van der Waals surface area (Å²) in [7, 11) is 0. The predicted octanol–water partition coefficient (Wildman–Crippen LogP) is 3.76. The van der Waals surface area contributed by atoms with Gasteiger partial charge >= 0.3 is 0 Å². The Balaban J connectivity index is 1.42. The minimum absolute atomic E-state index is 0.943. The molecule has 0 saturated heterocycles. The monoisotopic (exact) mass is 266 g/mol. The van der Waals surface area contributed by atoms with E-state index in [0.717, 1.165) is 29.8 Å². The van der Waals surface area contributed by atoms with E-state index in [4.69, 9.17) is 0 Å². The van der Waals surface area contributed by atoms with Gasteiger partial charge in [-0.2, -0.15) is 0 Å². The summed E-state index contributed by atoms with van der Waals surface area (Å²) >= 11 is 0. The van der Waals surface area contributed by atoms with Crippen LogP contribution in [0.2, 0.25) is 0 Å². The lowest BCUT2D eigenvalue weighted by Crippen LogP contribution is -2.25. The molecule has 0 radical (unpaired) electrons. The first kappa shape index (κ1) is 12.3. The van der Waals surface area contributed by atoms with Crippen molar-refractivity contribution < 1.29 is 0 Å². The zero-order valence-electron chi connectivity index (χ0n) is 11.9. The average Bonchev–Trinajstić information content (AvgIpc) is 3.38. The van der Waals surface area contributed by atoms with Crippen molar-refractivity contribution in [3.8, 4) is 0 Å². The molecule has 2 fully saturated rings. The van der Waals surface area contributed by atoms with E-state index in [1.165, 1.54) is 43.2 Å². The lowest BCUT2D eigenvalue weighted by Gasteiger charge is -2.16. The molecule has 1 heterocycles. The second-order valence-electron chi connectivity index (χ2n) is 6.46. The zero-order valence-corrected chi connectivity index (χ0v) is 11.9. The quantitative estimate of drug-likeness (QED) is 0.861. The fourth-order valence-electron chi connectivity index (χ4n) is 3.45. The first-order valence-corrected chi connectivity index (χ1v) is 7.95. The van der Waals surface area contributed by atoms with Gasteiger partial charge in [-0.25, -0.2) is 0 Å². The molecule has 1 N–H and O–H groups in total. The number of nitrogens with one attached hydrogen (secondary N) is 1. The van der Waals surface area contributed by atoms with Gasteiger partial charge in [0.1, 0.15) is 0 Å². The molecule has 0 unspecified atom stereocenters. The number of pyridine rings is 1. The third kappa shape index (κ3) is 2.57. The van der Waals surface area contributed by atoms with Crippen molar-refractivity contribution in [2.45, 2.75) is 32.2 Å². The Morgan fingerprint density at radius 2 is 1.80 bits per heavy atom. The van der Waals surface area contributed by atoms with E-state index in [-0.39, 0.29) is 0 Å². The van der Waals surface area contributed by atoms with Crippen molar-refractivity contribution in [2.24, 2.45) is 17.8 Å². The van der Waals surface area contributed by atoms with Crippen molar-refractivity contribution in [3.63, 3.8) is 0 Å². The summed E-state index contributed by atoms with van der Waals surface area (Å²) in [6, 6.07) is 10.6. The van der Waals surface area contributed by atoms with E-state index in [0.29, 0.717) is 0 Å². The minimum Gasteiger partial charge on any atom is -0.312 e. The SMILES string of the molecule is c1cnc2c(CNCC(C3CC3)C3CC3)cccc2c1. The molecule has 104 valence electrons. The zero-order chi connectivity index (χ0) is 13.4. The third-order valence-corrected chi connectivity index (χ3v) is 4.87. The summed E-state index contributed by atoms with van der Waals surface area (Å²) in [6.07, 6.45) is 7.78. The molecule has 0 aliphatic heterocycles. The van der Waals surface area contributed by atoms with Gasteiger partial charge in [0, 0.05) is 18.1 Å². The van der Waals surface area contributed by atoms with Crippen LogP contribution in [0, 0.1) is 17.8 Å². The Bertz CT molecular complexity index is 582. The van der Waals surface area contributed by atoms with Crippen LogP contribution in [0.5, 0.6) is 0 Å². The Hall–Kier alpha value is -1.41. The maximum atomic E-state index is 4.53. The fourth-order valence-corrected chi connectivity index (χ4v) is 3.45. The van der Waals surface area contributed by atoms with E-state index < -0.39 is 0 Å². The van der Waals surface area contributed by atoms with Crippen LogP contribution >= 0.6 is 0 Å². The van der Waals surface area contributed by atoms with Crippen LogP contribution in [0.1, 0.15) is 31.2 Å². The van der Waals surface area contributed by atoms with Crippen molar-refractivity contribution in [2.75, 3.05) is 6.54 Å². The Labute approximate surface area is 120 Å². The largest absolute Gasteiger partial charge is 0.312 e. The first-order chi connectivity index (χ1) is 9.92. The van der Waals surface area contributed by atoms with Gasteiger partial charge in [-0.05, 0) is 61.6 Å². The molecule has 4 rings (SSSR count). The van der Waals surface area contributed by atoms with E-state index in [1.54, 1.807) is 0 Å². The number of aromatic nitrogens is 1. The van der Waals surface area contributed by atoms with Gasteiger partial charge in [-0.15, -0.1) is 0 Å². The predicted molar refractivity (Wildman–Crippen MR) is 82.4 cm³/mol. The van der Waals surface area contributed by atoms with Gasteiger partial charge in [-0.1, -0.05) is 24.3 Å². The van der Waals surface area contributed by atoms with E-state index in [1.807, 2.05) is 12.3 Å². The molecule has 2 aliphatic carbocycles. The van der Waals surface area contributed by atoms with Crippen molar-refractivity contribution in [3.05, 3.63) is 42.1 Å². The molecule has 20 heavy (non-hydrogen) atoms. The number of rotatable bonds is 6. The number of nitrogens with zero attached hydrogens (tertiary/aromatic N) is 1. The average molecular weight is 266 g/mol. The number of para-hydroxylation sites is 1. The van der Waals surface area contributed by atoms with Gasteiger partial charge < -0.3 is 5.32 Å². The molecule has 0 amide bonds. The molecule has 2 aromatic rings. The van der Waals surface area contributed by atoms with Crippen LogP contribution < -0.4 is 5.32 Å². The molecule has 0 spiro atoms. The van der Waals surface area contributed by atoms with Crippen LogP contribution in [-0.2, 0) is 6.54 Å². The number of hydrogen-bond donors (Lipinski definition) is 1. The Morgan fingerprint density at radius 1 is 1.05 bits per heavy atom. The normalized spacial score (nSPS) is 18.9. The molecule has 2 aliphatic rings. The molecular formula is C18H22N2. The van der Waals surface area contributed by atoms with E-state index >= 15 is 0 Å². The molecule has 1 aromatic heterocycles. The highest BCUT2D eigenvalue weighted by Gasteiger charge is 2.40. The summed E-state index contributed by atoms with van der Waals surface area (Å²) < 4.78 is 0. The van der Waals surface area contributed by atoms with E-state index in [9.17, 15) is 0 Å². The number of hydrogen-bond acceptors (Lipinski definition) is 2. The third-order valence-electron chi connectivity index (χ3n) is 4.87. The summed E-state index contributed by atoms with van der Waals surface area (Å²) in [5, 5.41) is 4.94. The van der Waals surface area contributed by atoms with Crippen molar-refractivity contribution in [1.29, 1.82) is 0 Å². The smallest absolute Gasteiger partial charge is 0.0746 e. The summed E-state index contributed by atoms with van der Waals surface area (Å²) in [5.74, 6) is 3.00. The molecule has 2 nitrogen and oxygen atoms in total. The van der Waals surface area contributed by atoms with Crippen molar-refractivity contribution >= 4 is 10.9 Å². The topological polar surface area (TPSA) is 24.9 Å². The van der Waals surface area contributed by atoms with Crippen molar-refractivity contribution in [1.82, 2.24) is 10.3 Å². The maximum Gasteiger partial charge on any atom is 0.0746 e. The fraction of sp³-hybridized carbons (Fsp3) is 0.500. The minimum atomic E-state index is 0.943. The van der Waals surface area contributed by atoms with E-state index in [2.05, 4.69) is 34.6 Å². The Kier molecular flexibility index (Phi) is 3.19. The summed E-state index contributed by atoms with van der Waals surface area (Å²) in [6.45, 7) is 2.14. The number of fused-ring (bicyclic) bond motifs is 1. The summed E-state index contributed by atoms with van der Waals surface area (Å²) in [5.41, 5.74) is 2.48. The first-order valence-electron chi connectivity index (χ1n) is 7.95. The van der Waals surface area contributed by atoms with Gasteiger partial charge in [0.2, 0.25) is 0 Å². The lowest BCUT2D eigenvalue weighted by atomic mass is 9.98. The Morgan fingerprint density at radius 3 is 2.55 bits per heavy atom. The molecular weight excluding hydrogens is 244 g/mol. The molecule has 2 saturated carbocycles. The highest BCUT2D eigenvalue weighted by Crippen LogP contribution is 2.48. The van der Waals surface area contributed by atoms with Crippen LogP contribution in [0.15, 0.2) is 36.5 Å². The van der Waals surface area contributed by atoms with Gasteiger partial charge in [0.05, 0.1) is 5.52 Å². The maximum absolute atomic E-state index is 4.53. The number of benzene rings is 1. The van der Waals surface area contributed by atoms with Gasteiger partial charge in [-0.3, -0.25) is 4.98 Å². The molecule has 0 atom stereocenters. The van der Waals surface area contributed by atoms with Crippen LogP contribution in [-0.4, -0.2) is 11.5 Å². The second-order valence-corrected chi connectivity index (χ2v) is 6.46. The molecule has 0 bridgehead atoms. The van der Waals surface area contributed by atoms with Gasteiger partial charge in [0.25, 0.3) is 0 Å². The standard InChI is InChI=1S/C18H22N2/c1-3-15-5-2-10-20-18(15)16(4-1)11-19-12-17(13-6-7-13)14-8-9-14/h1-5,10,13-14,17,19H,6-9,11-12H2. The van der Waals surface area contributed by atoms with Crippen LogP contribution in [0.3, 0.4) is 0 Å². The molecule has 1 aromatic carbocycles. The second kappa shape index (κ2) is 5.17. The lowest BCUT2D eigenvalue weighted by molar-refractivity contribution is 0.379. The van der Waals surface area contributed by atoms with Crippen LogP contribution in [0.25, 0.3) is 10.9 Å². The van der Waals surface area contributed by atoms with Crippen LogP contribution in [0.4, 0.5) is 0 Å². The highest BCUT2D eigenvalue weighted by molar-refractivity contribution is 5.81. The highest BCUT2D eigenvalue weighted by atomic mass is 14.9. The summed E-state index contributed by atoms with van der Waals surface area (Å²) in [4.78, 5) is 4.53.